The van der Waals surface area contributed by atoms with E-state index < -0.39 is 0 Å². The average Bonchev–Trinajstić information content (AvgIpc) is 2.88. The zero-order valence-corrected chi connectivity index (χ0v) is 20.9. The number of piperidine rings is 1. The van der Waals surface area contributed by atoms with Gasteiger partial charge in [-0.15, -0.1) is 11.8 Å². The summed E-state index contributed by atoms with van der Waals surface area (Å²) in [5.41, 5.74) is 0.738. The normalized spacial score (nSPS) is 21.2. The van der Waals surface area contributed by atoms with Crippen molar-refractivity contribution in [3.63, 3.8) is 0 Å². The van der Waals surface area contributed by atoms with E-state index in [9.17, 15) is 9.59 Å². The minimum atomic E-state index is 0.107. The quantitative estimate of drug-likeness (QED) is 0.565. The van der Waals surface area contributed by atoms with Crippen LogP contribution in [0.2, 0.25) is 0 Å². The third-order valence-corrected chi connectivity index (χ3v) is 8.56. The fourth-order valence-corrected chi connectivity index (χ4v) is 6.29. The van der Waals surface area contributed by atoms with Crippen LogP contribution in [-0.2, 0) is 9.53 Å². The standard InChI is InChI=1S/C26H39N3O3S/c1-27(22-7-3-2-4-8-22)25(30)20-33-24-10-6-5-9-23(24)26(31)29-13-11-21(12-14-29)19-28-15-17-32-18-16-28/h5-6,9-10,21-22H,2-4,7-8,11-20H2,1H3. The van der Waals surface area contributed by atoms with Crippen molar-refractivity contribution >= 4 is 23.6 Å². The van der Waals surface area contributed by atoms with Crippen molar-refractivity contribution in [2.45, 2.75) is 55.9 Å². The number of benzene rings is 1. The highest BCUT2D eigenvalue weighted by atomic mass is 32.2. The number of likely N-dealkylation sites (tertiary alicyclic amines) is 1. The molecule has 2 saturated heterocycles. The molecule has 0 unspecified atom stereocenters. The van der Waals surface area contributed by atoms with E-state index in [0.717, 1.165) is 82.1 Å². The molecule has 1 aromatic carbocycles. The van der Waals surface area contributed by atoms with Gasteiger partial charge in [-0.25, -0.2) is 0 Å². The molecule has 4 rings (SSSR count). The fraction of sp³-hybridized carbons (Fsp3) is 0.692. The van der Waals surface area contributed by atoms with E-state index in [-0.39, 0.29) is 11.8 Å². The molecule has 2 aliphatic heterocycles. The van der Waals surface area contributed by atoms with Crippen molar-refractivity contribution < 1.29 is 14.3 Å². The average molecular weight is 474 g/mol. The van der Waals surface area contributed by atoms with Gasteiger partial charge in [0.25, 0.3) is 5.91 Å². The second-order valence-electron chi connectivity index (χ2n) is 9.73. The summed E-state index contributed by atoms with van der Waals surface area (Å²) in [5.74, 6) is 1.32. The lowest BCUT2D eigenvalue weighted by atomic mass is 9.94. The van der Waals surface area contributed by atoms with Crippen LogP contribution in [0.1, 0.15) is 55.3 Å². The molecule has 0 radical (unpaired) electrons. The molecule has 1 aromatic rings. The molecule has 0 bridgehead atoms. The highest BCUT2D eigenvalue weighted by Gasteiger charge is 2.27. The lowest BCUT2D eigenvalue weighted by molar-refractivity contribution is -0.129. The molecule has 3 fully saturated rings. The molecule has 0 aromatic heterocycles. The van der Waals surface area contributed by atoms with Crippen LogP contribution in [0.15, 0.2) is 29.2 Å². The highest BCUT2D eigenvalue weighted by molar-refractivity contribution is 8.00. The van der Waals surface area contributed by atoms with E-state index in [4.69, 9.17) is 4.74 Å². The van der Waals surface area contributed by atoms with Crippen molar-refractivity contribution in [3.05, 3.63) is 29.8 Å². The predicted octanol–water partition coefficient (Wildman–Crippen LogP) is 3.75. The first-order chi connectivity index (χ1) is 16.1. The van der Waals surface area contributed by atoms with Gasteiger partial charge in [-0.05, 0) is 43.7 Å². The van der Waals surface area contributed by atoms with Gasteiger partial charge >= 0.3 is 0 Å². The van der Waals surface area contributed by atoms with Crippen LogP contribution in [0.3, 0.4) is 0 Å². The first-order valence-corrected chi connectivity index (χ1v) is 13.7. The molecule has 33 heavy (non-hydrogen) atoms. The molecular weight excluding hydrogens is 434 g/mol. The molecule has 2 heterocycles. The van der Waals surface area contributed by atoms with E-state index in [1.54, 1.807) is 0 Å². The van der Waals surface area contributed by atoms with Gasteiger partial charge in [0.05, 0.1) is 24.5 Å². The lowest BCUT2D eigenvalue weighted by Crippen LogP contribution is -2.44. The van der Waals surface area contributed by atoms with Gasteiger partial charge in [-0.1, -0.05) is 31.4 Å². The summed E-state index contributed by atoms with van der Waals surface area (Å²) in [6, 6.07) is 8.17. The molecule has 1 aliphatic carbocycles. The third kappa shape index (κ3) is 6.74. The van der Waals surface area contributed by atoms with E-state index in [1.807, 2.05) is 41.1 Å². The number of amides is 2. The third-order valence-electron chi connectivity index (χ3n) is 7.51. The SMILES string of the molecule is CN(C(=O)CSc1ccccc1C(=O)N1CCC(CN2CCOCC2)CC1)C1CCCCC1. The van der Waals surface area contributed by atoms with E-state index in [1.165, 1.54) is 31.0 Å². The topological polar surface area (TPSA) is 53.1 Å². The van der Waals surface area contributed by atoms with E-state index in [2.05, 4.69) is 4.90 Å². The van der Waals surface area contributed by atoms with Crippen molar-refractivity contribution in [2.24, 2.45) is 5.92 Å². The molecular formula is C26H39N3O3S. The van der Waals surface area contributed by atoms with Gasteiger partial charge in [0.15, 0.2) is 0 Å². The number of hydrogen-bond acceptors (Lipinski definition) is 5. The lowest BCUT2D eigenvalue weighted by Gasteiger charge is -2.36. The van der Waals surface area contributed by atoms with Crippen LogP contribution in [0, 0.1) is 5.92 Å². The number of nitrogens with zero attached hydrogens (tertiary/aromatic N) is 3. The largest absolute Gasteiger partial charge is 0.379 e. The van der Waals surface area contributed by atoms with Crippen LogP contribution in [-0.4, -0.2) is 91.3 Å². The summed E-state index contributed by atoms with van der Waals surface area (Å²) in [6.45, 7) is 6.48. The Bertz CT molecular complexity index is 785. The molecule has 3 aliphatic rings. The Morgan fingerprint density at radius 1 is 1.00 bits per heavy atom. The van der Waals surface area contributed by atoms with E-state index in [0.29, 0.717) is 17.7 Å². The highest BCUT2D eigenvalue weighted by Crippen LogP contribution is 2.28. The minimum absolute atomic E-state index is 0.107. The number of thioether (sulfide) groups is 1. The first kappa shape index (κ1) is 24.6. The molecule has 182 valence electrons. The van der Waals surface area contributed by atoms with Crippen LogP contribution >= 0.6 is 11.8 Å². The second kappa shape index (κ2) is 12.2. The van der Waals surface area contributed by atoms with Crippen LogP contribution < -0.4 is 0 Å². The van der Waals surface area contributed by atoms with Gasteiger partial charge in [0, 0.05) is 50.7 Å². The minimum Gasteiger partial charge on any atom is -0.379 e. The van der Waals surface area contributed by atoms with Crippen molar-refractivity contribution in [1.82, 2.24) is 14.7 Å². The molecule has 2 amide bonds. The van der Waals surface area contributed by atoms with Gasteiger partial charge in [-0.3, -0.25) is 14.5 Å². The molecule has 0 atom stereocenters. The van der Waals surface area contributed by atoms with Crippen molar-refractivity contribution in [1.29, 1.82) is 0 Å². The number of rotatable bonds is 7. The zero-order valence-electron chi connectivity index (χ0n) is 20.0. The maximum atomic E-state index is 13.3. The number of carbonyl (C=O) groups excluding carboxylic acids is 2. The van der Waals surface area contributed by atoms with Crippen LogP contribution in [0.25, 0.3) is 0 Å². The van der Waals surface area contributed by atoms with Crippen molar-refractivity contribution in [3.8, 4) is 0 Å². The monoisotopic (exact) mass is 473 g/mol. The van der Waals surface area contributed by atoms with Crippen LogP contribution in [0.4, 0.5) is 0 Å². The molecule has 6 nitrogen and oxygen atoms in total. The molecule has 7 heteroatoms. The van der Waals surface area contributed by atoms with Gasteiger partial charge < -0.3 is 14.5 Å². The summed E-state index contributed by atoms with van der Waals surface area (Å²) in [4.78, 5) is 33.5. The molecule has 0 N–H and O–H groups in total. The summed E-state index contributed by atoms with van der Waals surface area (Å²) in [7, 11) is 1.94. The van der Waals surface area contributed by atoms with E-state index >= 15 is 0 Å². The van der Waals surface area contributed by atoms with Crippen molar-refractivity contribution in [2.75, 3.05) is 58.7 Å². The van der Waals surface area contributed by atoms with Gasteiger partial charge in [-0.2, -0.15) is 0 Å². The number of ether oxygens (including phenoxy) is 1. The summed E-state index contributed by atoms with van der Waals surface area (Å²) in [5, 5.41) is 0. The molecule has 1 saturated carbocycles. The fourth-order valence-electron chi connectivity index (χ4n) is 5.32. The Morgan fingerprint density at radius 3 is 2.42 bits per heavy atom. The second-order valence-corrected chi connectivity index (χ2v) is 10.7. The molecule has 0 spiro atoms. The van der Waals surface area contributed by atoms with Gasteiger partial charge in [0.2, 0.25) is 5.91 Å². The Balaban J connectivity index is 1.28. The Labute approximate surface area is 203 Å². The predicted molar refractivity (Wildman–Crippen MR) is 133 cm³/mol. The number of carbonyl (C=O) groups is 2. The Hall–Kier alpha value is -1.57. The van der Waals surface area contributed by atoms with Gasteiger partial charge in [0.1, 0.15) is 0 Å². The Kier molecular flexibility index (Phi) is 9.10. The zero-order chi connectivity index (χ0) is 23.0. The number of hydrogen-bond donors (Lipinski definition) is 0. The summed E-state index contributed by atoms with van der Waals surface area (Å²) < 4.78 is 5.46. The summed E-state index contributed by atoms with van der Waals surface area (Å²) >= 11 is 1.51. The maximum Gasteiger partial charge on any atom is 0.254 e. The first-order valence-electron chi connectivity index (χ1n) is 12.7. The number of morpholine rings is 1. The smallest absolute Gasteiger partial charge is 0.254 e. The van der Waals surface area contributed by atoms with Crippen LogP contribution in [0.5, 0.6) is 0 Å². The Morgan fingerprint density at radius 2 is 1.70 bits per heavy atom. The summed E-state index contributed by atoms with van der Waals surface area (Å²) in [6.07, 6.45) is 8.07. The maximum absolute atomic E-state index is 13.3.